The van der Waals surface area contributed by atoms with Crippen molar-refractivity contribution in [2.75, 3.05) is 0 Å². The minimum atomic E-state index is -0.0630. The van der Waals surface area contributed by atoms with E-state index in [1.54, 1.807) is 0 Å². The molecule has 0 spiro atoms. The molecule has 1 heterocycles. The Morgan fingerprint density at radius 3 is 2.84 bits per heavy atom. The normalized spacial score (nSPS) is 14.4. The van der Waals surface area contributed by atoms with E-state index in [9.17, 15) is 4.79 Å². The first-order chi connectivity index (χ1) is 9.25. The number of nitrogens with zero attached hydrogens (tertiary/aromatic N) is 3. The molecule has 0 saturated heterocycles. The smallest absolute Gasteiger partial charge is 0.276 e. The van der Waals surface area contributed by atoms with Gasteiger partial charge >= 0.3 is 0 Å². The number of rotatable bonds is 4. The van der Waals surface area contributed by atoms with Gasteiger partial charge in [0.15, 0.2) is 5.69 Å². The van der Waals surface area contributed by atoms with Crippen molar-refractivity contribution in [3.63, 3.8) is 0 Å². The number of carbonyl (C=O) groups is 1. The van der Waals surface area contributed by atoms with Gasteiger partial charge in [0, 0.05) is 17.1 Å². The Hall–Kier alpha value is -1.69. The minimum absolute atomic E-state index is 0.0630. The maximum absolute atomic E-state index is 12.4. The van der Waals surface area contributed by atoms with Crippen molar-refractivity contribution in [1.82, 2.24) is 20.3 Å². The molecule has 1 aliphatic carbocycles. The molecule has 3 rings (SSSR count). The molecule has 1 aliphatic rings. The van der Waals surface area contributed by atoms with Crippen LogP contribution in [0.4, 0.5) is 0 Å². The lowest BCUT2D eigenvalue weighted by atomic mass is 10.2. The van der Waals surface area contributed by atoms with Crippen molar-refractivity contribution in [2.24, 2.45) is 0 Å². The van der Waals surface area contributed by atoms with Crippen LogP contribution in [-0.2, 0) is 6.54 Å². The van der Waals surface area contributed by atoms with E-state index in [1.165, 1.54) is 6.20 Å². The molecule has 1 N–H and O–H groups in total. The molecular weight excluding hydrogens is 308 g/mol. The van der Waals surface area contributed by atoms with E-state index in [0.29, 0.717) is 18.3 Å². The summed E-state index contributed by atoms with van der Waals surface area (Å²) in [6, 6.07) is 8.29. The standard InChI is InChI=1S/C13H13BrN4O/c14-11-4-2-1-3-9(11)8-18(10-5-6-10)13(19)12-7-15-17-16-12/h1-4,7,10H,5-6,8H2,(H,15,16,17). The first-order valence-electron chi connectivity index (χ1n) is 6.16. The van der Waals surface area contributed by atoms with Crippen LogP contribution in [0.15, 0.2) is 34.9 Å². The largest absolute Gasteiger partial charge is 0.330 e. The van der Waals surface area contributed by atoms with Crippen LogP contribution in [0.2, 0.25) is 0 Å². The number of amides is 1. The second-order valence-corrected chi connectivity index (χ2v) is 5.47. The van der Waals surface area contributed by atoms with Crippen LogP contribution >= 0.6 is 15.9 Å². The number of nitrogens with one attached hydrogen (secondary N) is 1. The van der Waals surface area contributed by atoms with Crippen molar-refractivity contribution in [3.8, 4) is 0 Å². The third-order valence-electron chi connectivity index (χ3n) is 3.18. The number of hydrogen-bond acceptors (Lipinski definition) is 3. The van der Waals surface area contributed by atoms with E-state index in [-0.39, 0.29) is 5.91 Å². The SMILES string of the molecule is O=C(c1cn[nH]n1)N(Cc1ccccc1Br)C1CC1. The molecule has 0 radical (unpaired) electrons. The third-order valence-corrected chi connectivity index (χ3v) is 3.95. The lowest BCUT2D eigenvalue weighted by Gasteiger charge is -2.22. The predicted molar refractivity (Wildman–Crippen MR) is 73.4 cm³/mol. The van der Waals surface area contributed by atoms with Crippen LogP contribution in [0, 0.1) is 0 Å². The van der Waals surface area contributed by atoms with Crippen molar-refractivity contribution < 1.29 is 4.79 Å². The summed E-state index contributed by atoms with van der Waals surface area (Å²) in [5, 5.41) is 10.1. The Morgan fingerprint density at radius 1 is 1.42 bits per heavy atom. The second kappa shape index (κ2) is 5.13. The fourth-order valence-electron chi connectivity index (χ4n) is 2.01. The van der Waals surface area contributed by atoms with E-state index in [0.717, 1.165) is 22.9 Å². The highest BCUT2D eigenvalue weighted by Gasteiger charge is 2.34. The maximum atomic E-state index is 12.4. The zero-order chi connectivity index (χ0) is 13.2. The fourth-order valence-corrected chi connectivity index (χ4v) is 2.43. The molecule has 1 aromatic heterocycles. The van der Waals surface area contributed by atoms with Gasteiger partial charge in [-0.3, -0.25) is 4.79 Å². The van der Waals surface area contributed by atoms with Gasteiger partial charge in [0.05, 0.1) is 6.20 Å². The summed E-state index contributed by atoms with van der Waals surface area (Å²) in [7, 11) is 0. The summed E-state index contributed by atoms with van der Waals surface area (Å²) >= 11 is 3.52. The topological polar surface area (TPSA) is 61.9 Å². The highest BCUT2D eigenvalue weighted by atomic mass is 79.9. The number of aromatic nitrogens is 3. The van der Waals surface area contributed by atoms with E-state index in [1.807, 2.05) is 29.2 Å². The summed E-state index contributed by atoms with van der Waals surface area (Å²) in [5.41, 5.74) is 1.48. The van der Waals surface area contributed by atoms with Crippen molar-refractivity contribution in [1.29, 1.82) is 0 Å². The molecule has 0 atom stereocenters. The summed E-state index contributed by atoms with van der Waals surface area (Å²) in [6.07, 6.45) is 3.60. The van der Waals surface area contributed by atoms with Gasteiger partial charge in [0.2, 0.25) is 0 Å². The zero-order valence-corrected chi connectivity index (χ0v) is 11.8. The fraction of sp³-hybridized carbons (Fsp3) is 0.308. The van der Waals surface area contributed by atoms with E-state index in [4.69, 9.17) is 0 Å². The Bertz CT molecular complexity index is 580. The number of hydrogen-bond donors (Lipinski definition) is 1. The lowest BCUT2D eigenvalue weighted by molar-refractivity contribution is 0.0723. The van der Waals surface area contributed by atoms with Crippen LogP contribution in [0.1, 0.15) is 28.9 Å². The summed E-state index contributed by atoms with van der Waals surface area (Å²) in [6.45, 7) is 0.595. The second-order valence-electron chi connectivity index (χ2n) is 4.61. The highest BCUT2D eigenvalue weighted by molar-refractivity contribution is 9.10. The molecule has 0 unspecified atom stereocenters. The number of carbonyl (C=O) groups excluding carboxylic acids is 1. The molecule has 1 fully saturated rings. The molecule has 2 aromatic rings. The molecule has 1 saturated carbocycles. The van der Waals surface area contributed by atoms with Gasteiger partial charge in [0.1, 0.15) is 0 Å². The molecule has 0 aliphatic heterocycles. The number of aromatic amines is 1. The predicted octanol–water partition coefficient (Wildman–Crippen LogP) is 2.37. The molecule has 5 nitrogen and oxygen atoms in total. The van der Waals surface area contributed by atoms with E-state index < -0.39 is 0 Å². The van der Waals surface area contributed by atoms with Crippen molar-refractivity contribution in [3.05, 3.63) is 46.2 Å². The Morgan fingerprint density at radius 2 is 2.21 bits per heavy atom. The van der Waals surface area contributed by atoms with E-state index >= 15 is 0 Å². The molecule has 6 heteroatoms. The van der Waals surface area contributed by atoms with Crippen molar-refractivity contribution >= 4 is 21.8 Å². The Kier molecular flexibility index (Phi) is 3.33. The van der Waals surface area contributed by atoms with Crippen LogP contribution < -0.4 is 0 Å². The van der Waals surface area contributed by atoms with Crippen LogP contribution in [-0.4, -0.2) is 32.3 Å². The van der Waals surface area contributed by atoms with Crippen LogP contribution in [0.3, 0.4) is 0 Å². The summed E-state index contributed by atoms with van der Waals surface area (Å²) in [5.74, 6) is -0.0630. The van der Waals surface area contributed by atoms with E-state index in [2.05, 4.69) is 31.3 Å². The lowest BCUT2D eigenvalue weighted by Crippen LogP contribution is -2.33. The Labute approximate surface area is 119 Å². The molecule has 1 aromatic carbocycles. The van der Waals surface area contributed by atoms with Crippen LogP contribution in [0.25, 0.3) is 0 Å². The molecule has 19 heavy (non-hydrogen) atoms. The highest BCUT2D eigenvalue weighted by Crippen LogP contribution is 2.30. The molecule has 0 bridgehead atoms. The third kappa shape index (κ3) is 2.68. The quantitative estimate of drug-likeness (QED) is 0.940. The monoisotopic (exact) mass is 320 g/mol. The van der Waals surface area contributed by atoms with Crippen LogP contribution in [0.5, 0.6) is 0 Å². The van der Waals surface area contributed by atoms with Gasteiger partial charge in [0.25, 0.3) is 5.91 Å². The average Bonchev–Trinajstić information content (AvgIpc) is 3.11. The van der Waals surface area contributed by atoms with Crippen molar-refractivity contribution in [2.45, 2.75) is 25.4 Å². The zero-order valence-electron chi connectivity index (χ0n) is 10.2. The minimum Gasteiger partial charge on any atom is -0.330 e. The number of benzene rings is 1. The number of halogens is 1. The number of H-pyrrole nitrogens is 1. The summed E-state index contributed by atoms with van der Waals surface area (Å²) in [4.78, 5) is 14.3. The van der Waals surface area contributed by atoms with Gasteiger partial charge < -0.3 is 4.90 Å². The van der Waals surface area contributed by atoms with Gasteiger partial charge in [-0.05, 0) is 24.5 Å². The molecule has 98 valence electrons. The van der Waals surface area contributed by atoms with Gasteiger partial charge in [-0.2, -0.15) is 15.4 Å². The first-order valence-corrected chi connectivity index (χ1v) is 6.95. The summed E-state index contributed by atoms with van der Waals surface area (Å²) < 4.78 is 1.02. The maximum Gasteiger partial charge on any atom is 0.276 e. The van der Waals surface area contributed by atoms with Gasteiger partial charge in [-0.15, -0.1) is 0 Å². The van der Waals surface area contributed by atoms with Gasteiger partial charge in [-0.25, -0.2) is 0 Å². The molecule has 1 amide bonds. The molecular formula is C13H13BrN4O. The van der Waals surface area contributed by atoms with Gasteiger partial charge in [-0.1, -0.05) is 34.1 Å². The average molecular weight is 321 g/mol. The Balaban J connectivity index is 1.82. The first kappa shape index (κ1) is 12.3.